The van der Waals surface area contributed by atoms with Crippen LogP contribution in [0.15, 0.2) is 12.1 Å². The molecule has 1 amide bonds. The first-order chi connectivity index (χ1) is 5.63. The number of ether oxygens (including phenoxy) is 1. The third-order valence-electron chi connectivity index (χ3n) is 1.42. The predicted molar refractivity (Wildman–Crippen MR) is 44.0 cm³/mol. The third-order valence-corrected chi connectivity index (χ3v) is 1.42. The number of methoxy groups -OCH3 is 1. The number of hydrogen-bond acceptors (Lipinski definition) is 3. The standard InChI is InChI=1S/C8H10N2O2/c1-5-3-6(8(9)11)4-7(10-5)12-2/h3-4H,1-2H3,(H2,9,11). The monoisotopic (exact) mass is 166 g/mol. The van der Waals surface area contributed by atoms with Gasteiger partial charge in [0.05, 0.1) is 7.11 Å². The zero-order valence-corrected chi connectivity index (χ0v) is 7.00. The predicted octanol–water partition coefficient (Wildman–Crippen LogP) is 0.498. The van der Waals surface area contributed by atoms with E-state index in [0.29, 0.717) is 17.1 Å². The van der Waals surface area contributed by atoms with E-state index >= 15 is 0 Å². The number of primary amides is 1. The van der Waals surface area contributed by atoms with Gasteiger partial charge in [-0.25, -0.2) is 4.98 Å². The van der Waals surface area contributed by atoms with Gasteiger partial charge in [0.15, 0.2) is 0 Å². The highest BCUT2D eigenvalue weighted by atomic mass is 16.5. The van der Waals surface area contributed by atoms with Crippen LogP contribution in [0.2, 0.25) is 0 Å². The Hall–Kier alpha value is -1.58. The number of carbonyl (C=O) groups is 1. The molecule has 1 heterocycles. The molecule has 0 saturated heterocycles. The van der Waals surface area contributed by atoms with Crippen LogP contribution < -0.4 is 10.5 Å². The number of aromatic nitrogens is 1. The summed E-state index contributed by atoms with van der Waals surface area (Å²) in [6, 6.07) is 3.13. The molecule has 0 aliphatic carbocycles. The van der Waals surface area contributed by atoms with Gasteiger partial charge >= 0.3 is 0 Å². The Bertz CT molecular complexity index is 310. The molecule has 0 aliphatic heterocycles. The van der Waals surface area contributed by atoms with Gasteiger partial charge in [-0.3, -0.25) is 4.79 Å². The largest absolute Gasteiger partial charge is 0.481 e. The van der Waals surface area contributed by atoms with Gasteiger partial charge in [0.1, 0.15) is 0 Å². The van der Waals surface area contributed by atoms with Crippen LogP contribution in [0.5, 0.6) is 5.88 Å². The molecule has 4 heteroatoms. The summed E-state index contributed by atoms with van der Waals surface area (Å²) in [5.41, 5.74) is 6.21. The molecular weight excluding hydrogens is 156 g/mol. The molecule has 0 unspecified atom stereocenters. The van der Waals surface area contributed by atoms with Gasteiger partial charge in [-0.05, 0) is 13.0 Å². The Morgan fingerprint density at radius 2 is 2.25 bits per heavy atom. The van der Waals surface area contributed by atoms with Gasteiger partial charge in [0.2, 0.25) is 11.8 Å². The zero-order chi connectivity index (χ0) is 9.14. The topological polar surface area (TPSA) is 65.2 Å². The van der Waals surface area contributed by atoms with Crippen LogP contribution in [0.4, 0.5) is 0 Å². The normalized spacial score (nSPS) is 9.50. The molecule has 1 aromatic heterocycles. The van der Waals surface area contributed by atoms with Crippen molar-refractivity contribution in [2.24, 2.45) is 5.73 Å². The van der Waals surface area contributed by atoms with Gasteiger partial charge in [0.25, 0.3) is 0 Å². The van der Waals surface area contributed by atoms with Gasteiger partial charge in [-0.2, -0.15) is 0 Å². The summed E-state index contributed by atoms with van der Waals surface area (Å²) in [5, 5.41) is 0. The van der Waals surface area contributed by atoms with Crippen molar-refractivity contribution in [1.29, 1.82) is 0 Å². The van der Waals surface area contributed by atoms with Crippen LogP contribution >= 0.6 is 0 Å². The van der Waals surface area contributed by atoms with Gasteiger partial charge in [-0.1, -0.05) is 0 Å². The Labute approximate surface area is 70.4 Å². The van der Waals surface area contributed by atoms with E-state index in [1.165, 1.54) is 13.2 Å². The summed E-state index contributed by atoms with van der Waals surface area (Å²) >= 11 is 0. The molecule has 4 nitrogen and oxygen atoms in total. The Morgan fingerprint density at radius 1 is 1.58 bits per heavy atom. The summed E-state index contributed by atoms with van der Waals surface area (Å²) in [7, 11) is 1.49. The molecule has 0 aliphatic rings. The fourth-order valence-corrected chi connectivity index (χ4v) is 0.885. The van der Waals surface area contributed by atoms with Crippen LogP contribution in [0, 0.1) is 6.92 Å². The summed E-state index contributed by atoms with van der Waals surface area (Å²) in [4.78, 5) is 14.8. The molecule has 1 rings (SSSR count). The van der Waals surface area contributed by atoms with Crippen LogP contribution in [0.3, 0.4) is 0 Å². The van der Waals surface area contributed by atoms with Gasteiger partial charge in [-0.15, -0.1) is 0 Å². The fraction of sp³-hybridized carbons (Fsp3) is 0.250. The molecule has 0 bridgehead atoms. The molecule has 1 aromatic rings. The highest BCUT2D eigenvalue weighted by Gasteiger charge is 2.03. The first-order valence-corrected chi connectivity index (χ1v) is 3.46. The zero-order valence-electron chi connectivity index (χ0n) is 7.00. The Morgan fingerprint density at radius 3 is 2.75 bits per heavy atom. The van der Waals surface area contributed by atoms with E-state index in [1.807, 2.05) is 0 Å². The lowest BCUT2D eigenvalue weighted by atomic mass is 10.2. The van der Waals surface area contributed by atoms with E-state index < -0.39 is 5.91 Å². The van der Waals surface area contributed by atoms with Crippen LogP contribution in [-0.4, -0.2) is 18.0 Å². The van der Waals surface area contributed by atoms with E-state index in [2.05, 4.69) is 4.98 Å². The summed E-state index contributed by atoms with van der Waals surface area (Å²) in [6.45, 7) is 1.77. The van der Waals surface area contributed by atoms with E-state index in [0.717, 1.165) is 0 Å². The molecular formula is C8H10N2O2. The van der Waals surface area contributed by atoms with Gasteiger partial charge < -0.3 is 10.5 Å². The highest BCUT2D eigenvalue weighted by molar-refractivity contribution is 5.93. The molecule has 0 fully saturated rings. The second-order valence-electron chi connectivity index (χ2n) is 2.40. The summed E-state index contributed by atoms with van der Waals surface area (Å²) < 4.78 is 4.87. The molecule has 0 saturated carbocycles. The first kappa shape index (κ1) is 8.52. The average Bonchev–Trinajstić information content (AvgIpc) is 2.03. The molecule has 12 heavy (non-hydrogen) atoms. The highest BCUT2D eigenvalue weighted by Crippen LogP contribution is 2.10. The Balaban J connectivity index is 3.15. The number of amides is 1. The maximum atomic E-state index is 10.8. The number of aryl methyl sites for hydroxylation is 1. The van der Waals surface area contributed by atoms with Crippen LogP contribution in [0.25, 0.3) is 0 Å². The minimum absolute atomic E-state index is 0.406. The summed E-state index contributed by atoms with van der Waals surface area (Å²) in [6.07, 6.45) is 0. The quantitative estimate of drug-likeness (QED) is 0.695. The molecule has 0 aromatic carbocycles. The molecule has 0 radical (unpaired) electrons. The maximum Gasteiger partial charge on any atom is 0.248 e. The Kier molecular flexibility index (Phi) is 2.28. The average molecular weight is 166 g/mol. The van der Waals surface area contributed by atoms with Crippen molar-refractivity contribution in [2.75, 3.05) is 7.11 Å². The van der Waals surface area contributed by atoms with Crippen LogP contribution in [0.1, 0.15) is 16.1 Å². The lowest BCUT2D eigenvalue weighted by molar-refractivity contribution is 0.0999. The van der Waals surface area contributed by atoms with E-state index in [9.17, 15) is 4.79 Å². The first-order valence-electron chi connectivity index (χ1n) is 3.46. The molecule has 0 spiro atoms. The lowest BCUT2D eigenvalue weighted by Crippen LogP contribution is -2.11. The number of rotatable bonds is 2. The number of hydrogen-bond donors (Lipinski definition) is 1. The number of pyridine rings is 1. The van der Waals surface area contributed by atoms with E-state index in [-0.39, 0.29) is 0 Å². The fourth-order valence-electron chi connectivity index (χ4n) is 0.885. The van der Waals surface area contributed by atoms with Crippen molar-refractivity contribution in [1.82, 2.24) is 4.98 Å². The SMILES string of the molecule is COc1cc(C(N)=O)cc(C)n1. The maximum absolute atomic E-state index is 10.8. The minimum Gasteiger partial charge on any atom is -0.481 e. The van der Waals surface area contributed by atoms with Crippen molar-refractivity contribution in [3.05, 3.63) is 23.4 Å². The summed E-state index contributed by atoms with van der Waals surface area (Å²) in [5.74, 6) is -0.0670. The molecule has 0 atom stereocenters. The second kappa shape index (κ2) is 3.21. The van der Waals surface area contributed by atoms with Crippen molar-refractivity contribution < 1.29 is 9.53 Å². The van der Waals surface area contributed by atoms with E-state index in [1.54, 1.807) is 13.0 Å². The lowest BCUT2D eigenvalue weighted by Gasteiger charge is -2.01. The molecule has 2 N–H and O–H groups in total. The molecule has 64 valence electrons. The van der Waals surface area contributed by atoms with Crippen molar-refractivity contribution >= 4 is 5.91 Å². The van der Waals surface area contributed by atoms with Crippen molar-refractivity contribution in [3.63, 3.8) is 0 Å². The number of nitrogens with zero attached hydrogens (tertiary/aromatic N) is 1. The smallest absolute Gasteiger partial charge is 0.248 e. The number of nitrogens with two attached hydrogens (primary N) is 1. The van der Waals surface area contributed by atoms with E-state index in [4.69, 9.17) is 10.5 Å². The number of carbonyl (C=O) groups excluding carboxylic acids is 1. The van der Waals surface area contributed by atoms with Crippen molar-refractivity contribution in [3.8, 4) is 5.88 Å². The third kappa shape index (κ3) is 1.72. The second-order valence-corrected chi connectivity index (χ2v) is 2.40. The van der Waals surface area contributed by atoms with Crippen LogP contribution in [-0.2, 0) is 0 Å². The van der Waals surface area contributed by atoms with Crippen molar-refractivity contribution in [2.45, 2.75) is 6.92 Å². The minimum atomic E-state index is -0.473. The van der Waals surface area contributed by atoms with Gasteiger partial charge in [0, 0.05) is 17.3 Å².